The number of hydrogen-bond acceptors (Lipinski definition) is 5. The van der Waals surface area contributed by atoms with Crippen LogP contribution in [0.4, 0.5) is 0 Å². The largest absolute Gasteiger partial charge is 0.442 e. The predicted octanol–water partition coefficient (Wildman–Crippen LogP) is 2.68. The van der Waals surface area contributed by atoms with Crippen LogP contribution in [-0.4, -0.2) is 25.4 Å². The topological polar surface area (TPSA) is 95.0 Å². The van der Waals surface area contributed by atoms with Gasteiger partial charge in [0.2, 0.25) is 5.91 Å². The maximum atomic E-state index is 12.6. The van der Waals surface area contributed by atoms with Gasteiger partial charge in [0.05, 0.1) is 12.2 Å². The van der Waals surface area contributed by atoms with Crippen LogP contribution < -0.4 is 11.1 Å². The molecule has 0 unspecified atom stereocenters. The highest BCUT2D eigenvalue weighted by Crippen LogP contribution is 2.16. The lowest BCUT2D eigenvalue weighted by Gasteiger charge is -2.08. The average molecular weight is 417 g/mol. The second-order valence-electron chi connectivity index (χ2n) is 7.29. The highest BCUT2D eigenvalue weighted by molar-refractivity contribution is 5.76. The van der Waals surface area contributed by atoms with E-state index in [9.17, 15) is 9.59 Å². The summed E-state index contributed by atoms with van der Waals surface area (Å²) in [6, 6.07) is 19.2. The van der Waals surface area contributed by atoms with E-state index in [2.05, 4.69) is 27.7 Å². The molecule has 1 N–H and O–H groups in total. The van der Waals surface area contributed by atoms with Crippen LogP contribution in [-0.2, 0) is 24.4 Å². The van der Waals surface area contributed by atoms with Gasteiger partial charge in [-0.25, -0.2) is 9.36 Å². The van der Waals surface area contributed by atoms with Crippen molar-refractivity contribution in [3.8, 4) is 11.4 Å². The second-order valence-corrected chi connectivity index (χ2v) is 7.29. The van der Waals surface area contributed by atoms with Crippen LogP contribution >= 0.6 is 0 Å². The number of carbonyl (C=O) groups is 1. The Bertz CT molecular complexity index is 1240. The van der Waals surface area contributed by atoms with Gasteiger partial charge in [-0.2, -0.15) is 5.10 Å². The lowest BCUT2D eigenvalue weighted by Crippen LogP contribution is -2.31. The van der Waals surface area contributed by atoms with Gasteiger partial charge in [-0.1, -0.05) is 65.8 Å². The molecule has 0 aliphatic heterocycles. The van der Waals surface area contributed by atoms with E-state index >= 15 is 0 Å². The van der Waals surface area contributed by atoms with Crippen molar-refractivity contribution < 1.29 is 9.32 Å². The molecule has 0 bridgehead atoms. The van der Waals surface area contributed by atoms with Gasteiger partial charge in [0.25, 0.3) is 0 Å². The first-order chi connectivity index (χ1) is 15.0. The highest BCUT2D eigenvalue weighted by Gasteiger charge is 2.17. The molecule has 1 amide bonds. The van der Waals surface area contributed by atoms with Gasteiger partial charge in [-0.05, 0) is 19.4 Å². The second kappa shape index (κ2) is 8.83. The quantitative estimate of drug-likeness (QED) is 0.499. The first-order valence-electron chi connectivity index (χ1n) is 9.98. The maximum absolute atomic E-state index is 12.6. The lowest BCUT2D eigenvalue weighted by molar-refractivity contribution is -0.121. The van der Waals surface area contributed by atoms with E-state index in [4.69, 9.17) is 4.52 Å². The third kappa shape index (κ3) is 4.48. The predicted molar refractivity (Wildman–Crippen MR) is 115 cm³/mol. The zero-order valence-electron chi connectivity index (χ0n) is 17.4. The van der Waals surface area contributed by atoms with Crippen molar-refractivity contribution in [3.05, 3.63) is 93.7 Å². The molecule has 8 heteroatoms. The molecule has 0 aliphatic carbocycles. The molecule has 4 aromatic rings. The maximum Gasteiger partial charge on any atom is 0.442 e. The van der Waals surface area contributed by atoms with Crippen molar-refractivity contribution in [2.45, 2.75) is 33.5 Å². The summed E-state index contributed by atoms with van der Waals surface area (Å²) in [6.07, 6.45) is 0. The van der Waals surface area contributed by atoms with E-state index < -0.39 is 5.76 Å². The number of amides is 1. The molecule has 0 fully saturated rings. The monoisotopic (exact) mass is 417 g/mol. The Kier molecular flexibility index (Phi) is 5.79. The normalized spacial score (nSPS) is 10.9. The number of carbonyl (C=O) groups excluding carboxylic acids is 1. The molecule has 0 saturated heterocycles. The minimum absolute atomic E-state index is 0.178. The number of benzene rings is 2. The Balaban J connectivity index is 1.45. The minimum Gasteiger partial charge on any atom is -0.350 e. The molecule has 0 saturated carbocycles. The molecule has 0 radical (unpaired) electrons. The zero-order chi connectivity index (χ0) is 21.8. The van der Waals surface area contributed by atoms with Gasteiger partial charge < -0.3 is 5.32 Å². The van der Waals surface area contributed by atoms with E-state index in [0.717, 1.165) is 22.5 Å². The fourth-order valence-corrected chi connectivity index (χ4v) is 3.49. The van der Waals surface area contributed by atoms with Crippen LogP contribution in [0.3, 0.4) is 0 Å². The number of rotatable bonds is 7. The third-order valence-electron chi connectivity index (χ3n) is 5.19. The van der Waals surface area contributed by atoms with Gasteiger partial charge >= 0.3 is 5.76 Å². The minimum atomic E-state index is -0.669. The Morgan fingerprint density at radius 2 is 1.71 bits per heavy atom. The van der Waals surface area contributed by atoms with Gasteiger partial charge in [0, 0.05) is 23.4 Å². The molecular formula is C23H23N5O3. The SMILES string of the molecule is Cc1nn(Cc2ccccc2)c(C)c1CNC(=O)Cn1c(-c2ccccc2)noc1=O. The number of nitrogens with one attached hydrogen (secondary N) is 1. The highest BCUT2D eigenvalue weighted by atomic mass is 16.5. The van der Waals surface area contributed by atoms with E-state index in [1.165, 1.54) is 4.57 Å². The Labute approximate surface area is 179 Å². The molecule has 0 spiro atoms. The molecule has 158 valence electrons. The van der Waals surface area contributed by atoms with E-state index in [-0.39, 0.29) is 12.5 Å². The molecule has 4 rings (SSSR count). The van der Waals surface area contributed by atoms with Crippen LogP contribution in [0.1, 0.15) is 22.5 Å². The van der Waals surface area contributed by atoms with Gasteiger partial charge in [0.1, 0.15) is 6.54 Å². The molecule has 8 nitrogen and oxygen atoms in total. The fourth-order valence-electron chi connectivity index (χ4n) is 3.49. The van der Waals surface area contributed by atoms with Crippen LogP contribution in [0.15, 0.2) is 70.0 Å². The number of hydrogen-bond donors (Lipinski definition) is 1. The average Bonchev–Trinajstić information content (AvgIpc) is 3.27. The molecule has 0 aliphatic rings. The van der Waals surface area contributed by atoms with Crippen LogP contribution in [0.5, 0.6) is 0 Å². The summed E-state index contributed by atoms with van der Waals surface area (Å²) in [4.78, 5) is 24.6. The molecule has 0 atom stereocenters. The van der Waals surface area contributed by atoms with Gasteiger partial charge in [0.15, 0.2) is 5.82 Å². The Hall–Kier alpha value is -3.94. The lowest BCUT2D eigenvalue weighted by atomic mass is 10.2. The summed E-state index contributed by atoms with van der Waals surface area (Å²) >= 11 is 0. The van der Waals surface area contributed by atoms with Crippen LogP contribution in [0, 0.1) is 13.8 Å². The van der Waals surface area contributed by atoms with Crippen LogP contribution in [0.2, 0.25) is 0 Å². The summed E-state index contributed by atoms with van der Waals surface area (Å²) in [5.74, 6) is -0.655. The summed E-state index contributed by atoms with van der Waals surface area (Å²) in [5.41, 5.74) is 4.68. The Morgan fingerprint density at radius 3 is 2.42 bits per heavy atom. The first-order valence-corrected chi connectivity index (χ1v) is 9.98. The van der Waals surface area contributed by atoms with Crippen molar-refractivity contribution in [3.63, 3.8) is 0 Å². The van der Waals surface area contributed by atoms with Crippen LogP contribution in [0.25, 0.3) is 11.4 Å². The smallest absolute Gasteiger partial charge is 0.350 e. The fraction of sp³-hybridized carbons (Fsp3) is 0.217. The van der Waals surface area contributed by atoms with E-state index in [1.807, 2.05) is 54.9 Å². The summed E-state index contributed by atoms with van der Waals surface area (Å²) < 4.78 is 7.94. The van der Waals surface area contributed by atoms with Crippen molar-refractivity contribution in [1.29, 1.82) is 0 Å². The van der Waals surface area contributed by atoms with E-state index in [0.29, 0.717) is 24.5 Å². The standard InChI is InChI=1S/C23H23N5O3/c1-16-20(17(2)28(25-16)14-18-9-5-3-6-10-18)13-24-21(29)15-27-22(26-31-23(27)30)19-11-7-4-8-12-19/h3-12H,13-15H2,1-2H3,(H,24,29). The van der Waals surface area contributed by atoms with E-state index in [1.54, 1.807) is 12.1 Å². The molecule has 2 heterocycles. The number of aromatic nitrogens is 4. The van der Waals surface area contributed by atoms with Gasteiger partial charge in [-0.15, -0.1) is 0 Å². The van der Waals surface area contributed by atoms with Crippen molar-refractivity contribution in [1.82, 2.24) is 24.8 Å². The van der Waals surface area contributed by atoms with Crippen molar-refractivity contribution >= 4 is 5.91 Å². The first kappa shape index (κ1) is 20.3. The molecule has 2 aromatic carbocycles. The molecule has 2 aromatic heterocycles. The summed E-state index contributed by atoms with van der Waals surface area (Å²) in [6.45, 7) is 4.73. The Morgan fingerprint density at radius 1 is 1.03 bits per heavy atom. The van der Waals surface area contributed by atoms with Crippen molar-refractivity contribution in [2.24, 2.45) is 0 Å². The number of aryl methyl sites for hydroxylation is 1. The summed E-state index contributed by atoms with van der Waals surface area (Å²) in [5, 5.41) is 11.3. The molecular weight excluding hydrogens is 394 g/mol. The van der Waals surface area contributed by atoms with Gasteiger partial charge in [-0.3, -0.25) is 14.0 Å². The number of nitrogens with zero attached hydrogens (tertiary/aromatic N) is 4. The van der Waals surface area contributed by atoms with Crippen molar-refractivity contribution in [2.75, 3.05) is 0 Å². The summed E-state index contributed by atoms with van der Waals surface area (Å²) in [7, 11) is 0. The molecule has 31 heavy (non-hydrogen) atoms. The zero-order valence-corrected chi connectivity index (χ0v) is 17.4. The third-order valence-corrected chi connectivity index (χ3v) is 5.19.